The van der Waals surface area contributed by atoms with E-state index in [1.807, 2.05) is 24.8 Å². The maximum Gasteiger partial charge on any atom is 0.263 e. The second-order valence-electron chi connectivity index (χ2n) is 6.77. The van der Waals surface area contributed by atoms with Gasteiger partial charge in [-0.3, -0.25) is 9.59 Å². The molecule has 2 amide bonds. The number of carbonyl (C=O) groups excluding carboxylic acids is 2. The van der Waals surface area contributed by atoms with Gasteiger partial charge >= 0.3 is 0 Å². The molecule has 2 aromatic rings. The molecule has 2 aromatic carbocycles. The molecule has 1 heterocycles. The number of anilines is 1. The Bertz CT molecular complexity index is 851. The fourth-order valence-corrected chi connectivity index (χ4v) is 3.03. The maximum absolute atomic E-state index is 13.0. The molecule has 0 aromatic heterocycles. The minimum atomic E-state index is -0.556. The van der Waals surface area contributed by atoms with Crippen LogP contribution < -0.4 is 10.1 Å². The first kappa shape index (κ1) is 18.9. The quantitative estimate of drug-likeness (QED) is 0.885. The first-order chi connectivity index (χ1) is 12.9. The molecule has 3 rings (SSSR count). The molecule has 0 spiro atoms. The van der Waals surface area contributed by atoms with Crippen molar-refractivity contribution in [3.8, 4) is 5.75 Å². The zero-order valence-corrected chi connectivity index (χ0v) is 15.7. The molecule has 1 N–H and O–H groups in total. The monoisotopic (exact) mass is 370 g/mol. The van der Waals surface area contributed by atoms with Crippen LogP contribution in [0.1, 0.15) is 43.1 Å². The van der Waals surface area contributed by atoms with Gasteiger partial charge in [-0.15, -0.1) is 0 Å². The van der Waals surface area contributed by atoms with E-state index in [-0.39, 0.29) is 17.9 Å². The van der Waals surface area contributed by atoms with Crippen LogP contribution in [-0.4, -0.2) is 28.9 Å². The van der Waals surface area contributed by atoms with Crippen molar-refractivity contribution in [2.45, 2.75) is 45.9 Å². The topological polar surface area (TPSA) is 58.6 Å². The summed E-state index contributed by atoms with van der Waals surface area (Å²) in [6.07, 6.45) is 0.286. The van der Waals surface area contributed by atoms with Gasteiger partial charge in [0.1, 0.15) is 11.6 Å². The van der Waals surface area contributed by atoms with E-state index in [0.29, 0.717) is 23.5 Å². The Morgan fingerprint density at radius 1 is 1.30 bits per heavy atom. The highest BCUT2D eigenvalue weighted by molar-refractivity contribution is 6.04. The van der Waals surface area contributed by atoms with Crippen LogP contribution in [0.5, 0.6) is 5.75 Å². The van der Waals surface area contributed by atoms with Crippen LogP contribution >= 0.6 is 0 Å². The van der Waals surface area contributed by atoms with Gasteiger partial charge in [-0.05, 0) is 62.7 Å². The van der Waals surface area contributed by atoms with Crippen molar-refractivity contribution in [3.05, 3.63) is 59.4 Å². The maximum atomic E-state index is 13.0. The molecular weight excluding hydrogens is 347 g/mol. The van der Waals surface area contributed by atoms with Crippen molar-refractivity contribution >= 4 is 17.5 Å². The van der Waals surface area contributed by atoms with Crippen LogP contribution in [0.4, 0.5) is 10.1 Å². The molecule has 0 saturated heterocycles. The molecule has 6 heteroatoms. The molecule has 2 unspecified atom stereocenters. The number of rotatable bonds is 4. The van der Waals surface area contributed by atoms with Gasteiger partial charge in [-0.1, -0.05) is 6.92 Å². The van der Waals surface area contributed by atoms with E-state index in [0.717, 1.165) is 12.0 Å². The molecule has 0 radical (unpaired) electrons. The summed E-state index contributed by atoms with van der Waals surface area (Å²) in [5, 5.41) is 2.81. The lowest BCUT2D eigenvalue weighted by atomic mass is 10.1. The van der Waals surface area contributed by atoms with Gasteiger partial charge in [0.05, 0.1) is 0 Å². The second-order valence-corrected chi connectivity index (χ2v) is 6.77. The number of ether oxygens (including phenoxy) is 1. The van der Waals surface area contributed by atoms with Gasteiger partial charge in [0.2, 0.25) is 0 Å². The minimum Gasteiger partial charge on any atom is -0.481 e. The van der Waals surface area contributed by atoms with E-state index < -0.39 is 11.9 Å². The third-order valence-corrected chi connectivity index (χ3v) is 4.82. The molecule has 1 aliphatic heterocycles. The molecule has 1 aliphatic rings. The predicted molar refractivity (Wildman–Crippen MR) is 101 cm³/mol. The van der Waals surface area contributed by atoms with Crippen LogP contribution in [0, 0.1) is 5.82 Å². The van der Waals surface area contributed by atoms with E-state index in [1.54, 1.807) is 19.1 Å². The van der Waals surface area contributed by atoms with Crippen LogP contribution in [-0.2, 0) is 11.3 Å². The number of hydrogen-bond donors (Lipinski definition) is 1. The van der Waals surface area contributed by atoms with Crippen molar-refractivity contribution in [1.29, 1.82) is 0 Å². The van der Waals surface area contributed by atoms with Gasteiger partial charge in [0.15, 0.2) is 6.10 Å². The number of nitrogens with zero attached hydrogens (tertiary/aromatic N) is 1. The summed E-state index contributed by atoms with van der Waals surface area (Å²) < 4.78 is 18.8. The van der Waals surface area contributed by atoms with Crippen LogP contribution in [0.2, 0.25) is 0 Å². The van der Waals surface area contributed by atoms with Crippen LogP contribution in [0.15, 0.2) is 42.5 Å². The Morgan fingerprint density at radius 3 is 2.67 bits per heavy atom. The van der Waals surface area contributed by atoms with Gasteiger partial charge in [0.25, 0.3) is 11.8 Å². The predicted octanol–water partition coefficient (Wildman–Crippen LogP) is 3.99. The van der Waals surface area contributed by atoms with E-state index in [2.05, 4.69) is 5.32 Å². The normalized spacial score (nSPS) is 17.6. The van der Waals surface area contributed by atoms with Crippen molar-refractivity contribution in [1.82, 2.24) is 4.90 Å². The molecule has 0 aliphatic carbocycles. The molecule has 0 bridgehead atoms. The largest absolute Gasteiger partial charge is 0.481 e. The number of hydrogen-bond acceptors (Lipinski definition) is 3. The number of carbonyl (C=O) groups is 2. The Labute approximate surface area is 158 Å². The first-order valence-electron chi connectivity index (χ1n) is 9.06. The van der Waals surface area contributed by atoms with E-state index in [4.69, 9.17) is 4.74 Å². The molecule has 0 saturated carbocycles. The Kier molecular flexibility index (Phi) is 5.44. The lowest BCUT2D eigenvalue weighted by Gasteiger charge is -2.28. The number of nitrogens with one attached hydrogen (secondary N) is 1. The van der Waals surface area contributed by atoms with Crippen molar-refractivity contribution in [3.63, 3.8) is 0 Å². The summed E-state index contributed by atoms with van der Waals surface area (Å²) >= 11 is 0. The Balaban J connectivity index is 1.84. The summed E-state index contributed by atoms with van der Waals surface area (Å²) in [4.78, 5) is 26.8. The Hall–Kier alpha value is -2.89. The van der Waals surface area contributed by atoms with Gasteiger partial charge in [-0.2, -0.15) is 0 Å². The van der Waals surface area contributed by atoms with Crippen molar-refractivity contribution in [2.75, 3.05) is 5.32 Å². The number of halogens is 1. The number of fused-ring (bicyclic) bond motifs is 1. The standard InChI is InChI=1S/C21H23FN2O3/c1-4-13(2)24-12-16-11-18(9-10-19(16)27-14(3)21(24)26)23-20(25)15-5-7-17(22)8-6-15/h5-11,13-14H,4,12H2,1-3H3,(H,23,25). The van der Waals surface area contributed by atoms with E-state index >= 15 is 0 Å². The summed E-state index contributed by atoms with van der Waals surface area (Å²) in [6.45, 7) is 6.22. The number of benzene rings is 2. The summed E-state index contributed by atoms with van der Waals surface area (Å²) in [6, 6.07) is 10.8. The zero-order valence-electron chi connectivity index (χ0n) is 15.7. The van der Waals surface area contributed by atoms with Crippen LogP contribution in [0.25, 0.3) is 0 Å². The highest BCUT2D eigenvalue weighted by Crippen LogP contribution is 2.30. The van der Waals surface area contributed by atoms with Gasteiger partial charge in [-0.25, -0.2) is 4.39 Å². The third kappa shape index (κ3) is 4.10. The second kappa shape index (κ2) is 7.78. The average molecular weight is 370 g/mol. The smallest absolute Gasteiger partial charge is 0.263 e. The summed E-state index contributed by atoms with van der Waals surface area (Å²) in [7, 11) is 0. The molecule has 2 atom stereocenters. The molecule has 0 fully saturated rings. The van der Waals surface area contributed by atoms with Crippen molar-refractivity contribution < 1.29 is 18.7 Å². The highest BCUT2D eigenvalue weighted by Gasteiger charge is 2.30. The summed E-state index contributed by atoms with van der Waals surface area (Å²) in [5.41, 5.74) is 1.80. The number of amides is 2. The average Bonchev–Trinajstić information content (AvgIpc) is 2.78. The minimum absolute atomic E-state index is 0.0440. The first-order valence-corrected chi connectivity index (χ1v) is 9.06. The van der Waals surface area contributed by atoms with Gasteiger partial charge in [0, 0.05) is 29.4 Å². The fraction of sp³-hybridized carbons (Fsp3) is 0.333. The summed E-state index contributed by atoms with van der Waals surface area (Å²) in [5.74, 6) is -0.121. The van der Waals surface area contributed by atoms with E-state index in [1.165, 1.54) is 24.3 Å². The lowest BCUT2D eigenvalue weighted by molar-refractivity contribution is -0.139. The molecule has 27 heavy (non-hydrogen) atoms. The van der Waals surface area contributed by atoms with Gasteiger partial charge < -0.3 is 15.0 Å². The van der Waals surface area contributed by atoms with Crippen LogP contribution in [0.3, 0.4) is 0 Å². The molecule has 5 nitrogen and oxygen atoms in total. The molecular formula is C21H23FN2O3. The Morgan fingerprint density at radius 2 is 2.00 bits per heavy atom. The van der Waals surface area contributed by atoms with E-state index in [9.17, 15) is 14.0 Å². The fourth-order valence-electron chi connectivity index (χ4n) is 3.03. The molecule has 142 valence electrons. The third-order valence-electron chi connectivity index (χ3n) is 4.82. The lowest BCUT2D eigenvalue weighted by Crippen LogP contribution is -2.42. The highest BCUT2D eigenvalue weighted by atomic mass is 19.1. The zero-order chi connectivity index (χ0) is 19.6. The van der Waals surface area contributed by atoms with Crippen molar-refractivity contribution in [2.24, 2.45) is 0 Å². The SMILES string of the molecule is CCC(C)N1Cc2cc(NC(=O)c3ccc(F)cc3)ccc2OC(C)C1=O.